The van der Waals surface area contributed by atoms with Crippen molar-refractivity contribution in [2.75, 3.05) is 18.8 Å². The van der Waals surface area contributed by atoms with Gasteiger partial charge in [-0.05, 0) is 19.3 Å². The Labute approximate surface area is 135 Å². The lowest BCUT2D eigenvalue weighted by molar-refractivity contribution is -0.187. The fourth-order valence-corrected chi connectivity index (χ4v) is 3.21. The van der Waals surface area contributed by atoms with Crippen molar-refractivity contribution < 1.29 is 22.8 Å². The van der Waals surface area contributed by atoms with Crippen LogP contribution >= 0.6 is 0 Å². The number of nitrogens with two attached hydrogens (primary N) is 1. The summed E-state index contributed by atoms with van der Waals surface area (Å²) in [6.07, 6.45) is -2.64. The second-order valence-corrected chi connectivity index (χ2v) is 5.85. The van der Waals surface area contributed by atoms with E-state index in [-0.39, 0.29) is 19.5 Å². The van der Waals surface area contributed by atoms with Crippen molar-refractivity contribution in [1.82, 2.24) is 19.8 Å². The largest absolute Gasteiger partial charge is 0.471 e. The number of anilines is 1. The summed E-state index contributed by atoms with van der Waals surface area (Å²) in [6, 6.07) is -1.07. The number of alkyl halides is 3. The molecule has 1 aromatic heterocycles. The summed E-state index contributed by atoms with van der Waals surface area (Å²) < 4.78 is 38.0. The lowest BCUT2D eigenvalue weighted by Gasteiger charge is -2.33. The van der Waals surface area contributed by atoms with Crippen molar-refractivity contribution in [3.8, 4) is 0 Å². The van der Waals surface area contributed by atoms with Gasteiger partial charge in [-0.15, -0.1) is 0 Å². The van der Waals surface area contributed by atoms with Crippen LogP contribution in [-0.2, 0) is 22.6 Å². The number of nitrogens with zero attached hydrogens (tertiary/aromatic N) is 4. The minimum Gasteiger partial charge on any atom is -0.383 e. The number of amides is 2. The number of fused-ring (bicyclic) bond motifs is 1. The molecular formula is C14H16F3N5O2. The summed E-state index contributed by atoms with van der Waals surface area (Å²) in [5.41, 5.74) is 7.11. The summed E-state index contributed by atoms with van der Waals surface area (Å²) in [6.45, 7) is 0.410. The predicted octanol–water partition coefficient (Wildman–Crippen LogP) is 0.497. The summed E-state index contributed by atoms with van der Waals surface area (Å²) in [4.78, 5) is 34.2. The van der Waals surface area contributed by atoms with Crippen molar-refractivity contribution in [3.63, 3.8) is 0 Å². The third-order valence-corrected chi connectivity index (χ3v) is 4.39. The van der Waals surface area contributed by atoms with E-state index in [2.05, 4.69) is 9.97 Å². The Hall–Kier alpha value is -2.39. The minimum atomic E-state index is -4.97. The molecule has 7 nitrogen and oxygen atoms in total. The summed E-state index contributed by atoms with van der Waals surface area (Å²) in [5, 5.41) is 0. The van der Waals surface area contributed by atoms with Crippen LogP contribution in [0, 0.1) is 0 Å². The maximum absolute atomic E-state index is 12.7. The van der Waals surface area contributed by atoms with Gasteiger partial charge in [0.2, 0.25) is 5.91 Å². The molecular weight excluding hydrogens is 327 g/mol. The normalized spacial score (nSPS) is 20.9. The number of halogens is 3. The van der Waals surface area contributed by atoms with Gasteiger partial charge < -0.3 is 15.5 Å². The number of nitrogen functional groups attached to an aromatic ring is 1. The predicted molar refractivity (Wildman–Crippen MR) is 76.4 cm³/mol. The molecule has 1 fully saturated rings. The maximum Gasteiger partial charge on any atom is 0.471 e. The average molecular weight is 343 g/mol. The van der Waals surface area contributed by atoms with E-state index in [9.17, 15) is 22.8 Å². The molecule has 2 amide bonds. The van der Waals surface area contributed by atoms with Crippen molar-refractivity contribution in [2.45, 2.75) is 38.0 Å². The molecule has 0 bridgehead atoms. The van der Waals surface area contributed by atoms with E-state index in [4.69, 9.17) is 5.73 Å². The molecule has 2 N–H and O–H groups in total. The van der Waals surface area contributed by atoms with Gasteiger partial charge in [-0.2, -0.15) is 13.2 Å². The van der Waals surface area contributed by atoms with Crippen LogP contribution in [0.4, 0.5) is 19.0 Å². The molecule has 130 valence electrons. The molecule has 0 spiro atoms. The van der Waals surface area contributed by atoms with Crippen LogP contribution in [0.5, 0.6) is 0 Å². The van der Waals surface area contributed by atoms with Crippen LogP contribution in [-0.4, -0.2) is 56.9 Å². The van der Waals surface area contributed by atoms with Crippen molar-refractivity contribution in [3.05, 3.63) is 17.6 Å². The van der Waals surface area contributed by atoms with Gasteiger partial charge in [-0.1, -0.05) is 0 Å². The van der Waals surface area contributed by atoms with Gasteiger partial charge in [-0.25, -0.2) is 9.97 Å². The molecule has 0 aromatic carbocycles. The molecule has 1 aromatic rings. The van der Waals surface area contributed by atoms with Crippen molar-refractivity contribution in [2.24, 2.45) is 0 Å². The van der Waals surface area contributed by atoms with Crippen molar-refractivity contribution in [1.29, 1.82) is 0 Å². The Morgan fingerprint density at radius 2 is 2.00 bits per heavy atom. The first-order chi connectivity index (χ1) is 11.3. The molecule has 0 aliphatic carbocycles. The van der Waals surface area contributed by atoms with Gasteiger partial charge in [-0.3, -0.25) is 9.59 Å². The molecule has 10 heteroatoms. The van der Waals surface area contributed by atoms with Crippen LogP contribution in [0.2, 0.25) is 0 Å². The Bertz CT molecular complexity index is 679. The molecule has 3 heterocycles. The first-order valence-corrected chi connectivity index (χ1v) is 7.54. The smallest absolute Gasteiger partial charge is 0.383 e. The third kappa shape index (κ3) is 2.87. The number of likely N-dealkylation sites (tertiary alicyclic amines) is 1. The summed E-state index contributed by atoms with van der Waals surface area (Å²) in [5.74, 6) is -2.09. The van der Waals surface area contributed by atoms with E-state index < -0.39 is 24.0 Å². The first kappa shape index (κ1) is 16.5. The van der Waals surface area contributed by atoms with E-state index >= 15 is 0 Å². The highest BCUT2D eigenvalue weighted by Gasteiger charge is 2.48. The Kier molecular flexibility index (Phi) is 4.06. The quantitative estimate of drug-likeness (QED) is 0.801. The molecule has 2 aliphatic rings. The molecule has 3 rings (SSSR count). The molecule has 24 heavy (non-hydrogen) atoms. The second kappa shape index (κ2) is 5.91. The zero-order valence-corrected chi connectivity index (χ0v) is 12.7. The van der Waals surface area contributed by atoms with Crippen LogP contribution in [0.25, 0.3) is 0 Å². The fourth-order valence-electron chi connectivity index (χ4n) is 3.21. The number of aromatic nitrogens is 2. The molecule has 1 saturated heterocycles. The Morgan fingerprint density at radius 1 is 1.25 bits per heavy atom. The number of carbonyl (C=O) groups is 2. The van der Waals surface area contributed by atoms with Gasteiger partial charge in [0.15, 0.2) is 0 Å². The highest BCUT2D eigenvalue weighted by molar-refractivity contribution is 5.90. The molecule has 0 saturated carbocycles. The standard InChI is InChI=1S/C14H16F3N5O2/c15-14(16,17)13(24)22-4-1-2-10(22)12(23)21-5-3-8-9(6-21)19-7-20-11(8)18/h7,10H,1-6H2,(H2,18,19,20). The topological polar surface area (TPSA) is 92.4 Å². The third-order valence-electron chi connectivity index (χ3n) is 4.39. The SMILES string of the molecule is Nc1ncnc2c1CCN(C(=O)C1CCCN1C(=O)C(F)(F)F)C2. The van der Waals surface area contributed by atoms with Crippen molar-refractivity contribution >= 4 is 17.6 Å². The van der Waals surface area contributed by atoms with Gasteiger partial charge in [0.05, 0.1) is 12.2 Å². The highest BCUT2D eigenvalue weighted by atomic mass is 19.4. The second-order valence-electron chi connectivity index (χ2n) is 5.85. The molecule has 1 atom stereocenters. The van der Waals surface area contributed by atoms with Gasteiger partial charge >= 0.3 is 12.1 Å². The number of hydrogen-bond acceptors (Lipinski definition) is 5. The summed E-state index contributed by atoms with van der Waals surface area (Å²) >= 11 is 0. The number of rotatable bonds is 1. The van der Waals surface area contributed by atoms with Gasteiger partial charge in [0, 0.05) is 18.7 Å². The lowest BCUT2D eigenvalue weighted by Crippen LogP contribution is -2.52. The highest BCUT2D eigenvalue weighted by Crippen LogP contribution is 2.28. The monoisotopic (exact) mass is 343 g/mol. The van der Waals surface area contributed by atoms with E-state index in [1.807, 2.05) is 0 Å². The van der Waals surface area contributed by atoms with E-state index in [1.54, 1.807) is 0 Å². The zero-order valence-electron chi connectivity index (χ0n) is 12.7. The van der Waals surface area contributed by atoms with Crippen LogP contribution in [0.3, 0.4) is 0 Å². The maximum atomic E-state index is 12.7. The number of hydrogen-bond donors (Lipinski definition) is 1. The van der Waals surface area contributed by atoms with Gasteiger partial charge in [0.25, 0.3) is 0 Å². The van der Waals surface area contributed by atoms with Crippen LogP contribution in [0.1, 0.15) is 24.1 Å². The summed E-state index contributed by atoms with van der Waals surface area (Å²) in [7, 11) is 0. The van der Waals surface area contributed by atoms with E-state index in [0.29, 0.717) is 35.8 Å². The fraction of sp³-hybridized carbons (Fsp3) is 0.571. The van der Waals surface area contributed by atoms with E-state index in [0.717, 1.165) is 5.56 Å². The first-order valence-electron chi connectivity index (χ1n) is 7.54. The van der Waals surface area contributed by atoms with Crippen LogP contribution in [0.15, 0.2) is 6.33 Å². The number of carbonyl (C=O) groups excluding carboxylic acids is 2. The Morgan fingerprint density at radius 3 is 2.71 bits per heavy atom. The molecule has 0 radical (unpaired) electrons. The molecule has 2 aliphatic heterocycles. The molecule has 1 unspecified atom stereocenters. The lowest BCUT2D eigenvalue weighted by atomic mass is 10.0. The van der Waals surface area contributed by atoms with Gasteiger partial charge in [0.1, 0.15) is 18.2 Å². The Balaban J connectivity index is 1.76. The minimum absolute atomic E-state index is 0.0612. The van der Waals surface area contributed by atoms with Crippen LogP contribution < -0.4 is 5.73 Å². The average Bonchev–Trinajstić information content (AvgIpc) is 3.01. The zero-order chi connectivity index (χ0) is 17.5. The van der Waals surface area contributed by atoms with E-state index in [1.165, 1.54) is 11.2 Å².